The highest BCUT2D eigenvalue weighted by atomic mass is 15.0. The fraction of sp³-hybridized carbons (Fsp3) is 0.438. The summed E-state index contributed by atoms with van der Waals surface area (Å²) < 4.78 is 0. The van der Waals surface area contributed by atoms with Crippen LogP contribution in [0.15, 0.2) is 18.2 Å². The monoisotopic (exact) mass is 242 g/mol. The van der Waals surface area contributed by atoms with Gasteiger partial charge in [-0.15, -0.1) is 0 Å². The molecule has 18 heavy (non-hydrogen) atoms. The van der Waals surface area contributed by atoms with E-state index in [1.165, 1.54) is 22.1 Å². The molecule has 0 saturated heterocycles. The van der Waals surface area contributed by atoms with E-state index in [0.717, 1.165) is 30.7 Å². The minimum Gasteiger partial charge on any atom is -0.370 e. The standard InChI is InChI=1S/C16H22N2/c1-5-7-17-16-13(6-2)10-14-12(4)8-11(3)9-15(14)18-16/h8-10H,5-7H2,1-4H3,(H,17,18). The summed E-state index contributed by atoms with van der Waals surface area (Å²) in [4.78, 5) is 4.79. The van der Waals surface area contributed by atoms with Crippen molar-refractivity contribution < 1.29 is 0 Å². The third-order valence-electron chi connectivity index (χ3n) is 3.29. The Balaban J connectivity index is 2.57. The zero-order chi connectivity index (χ0) is 13.1. The number of hydrogen-bond donors (Lipinski definition) is 1. The van der Waals surface area contributed by atoms with Crippen molar-refractivity contribution >= 4 is 16.7 Å². The first kappa shape index (κ1) is 12.9. The van der Waals surface area contributed by atoms with Gasteiger partial charge in [0.1, 0.15) is 5.82 Å². The Morgan fingerprint density at radius 3 is 2.56 bits per heavy atom. The summed E-state index contributed by atoms with van der Waals surface area (Å²) in [6.45, 7) is 9.63. The highest BCUT2D eigenvalue weighted by Crippen LogP contribution is 2.24. The molecule has 2 aromatic rings. The molecular formula is C16H22N2. The lowest BCUT2D eigenvalue weighted by molar-refractivity contribution is 0.961. The summed E-state index contributed by atoms with van der Waals surface area (Å²) in [6.07, 6.45) is 2.14. The molecule has 0 saturated carbocycles. The van der Waals surface area contributed by atoms with Crippen LogP contribution in [0.5, 0.6) is 0 Å². The van der Waals surface area contributed by atoms with Crippen LogP contribution in [0.1, 0.15) is 37.0 Å². The average Bonchev–Trinajstić information content (AvgIpc) is 2.35. The second-order valence-electron chi connectivity index (χ2n) is 4.92. The number of hydrogen-bond acceptors (Lipinski definition) is 2. The van der Waals surface area contributed by atoms with E-state index < -0.39 is 0 Å². The van der Waals surface area contributed by atoms with Crippen molar-refractivity contribution in [2.75, 3.05) is 11.9 Å². The van der Waals surface area contributed by atoms with Crippen molar-refractivity contribution in [3.63, 3.8) is 0 Å². The Bertz CT molecular complexity index is 559. The Labute approximate surface area is 109 Å². The van der Waals surface area contributed by atoms with Crippen molar-refractivity contribution in [1.82, 2.24) is 4.98 Å². The normalized spacial score (nSPS) is 10.9. The number of nitrogens with zero attached hydrogens (tertiary/aromatic N) is 1. The molecule has 0 aliphatic rings. The number of benzene rings is 1. The lowest BCUT2D eigenvalue weighted by Crippen LogP contribution is -2.05. The van der Waals surface area contributed by atoms with E-state index in [1.807, 2.05) is 0 Å². The number of pyridine rings is 1. The number of fused-ring (bicyclic) bond motifs is 1. The van der Waals surface area contributed by atoms with Crippen LogP contribution >= 0.6 is 0 Å². The van der Waals surface area contributed by atoms with Crippen LogP contribution in [-0.4, -0.2) is 11.5 Å². The smallest absolute Gasteiger partial charge is 0.129 e. The van der Waals surface area contributed by atoms with Crippen LogP contribution < -0.4 is 5.32 Å². The molecule has 1 heterocycles. The second-order valence-corrected chi connectivity index (χ2v) is 4.92. The number of aryl methyl sites for hydroxylation is 3. The third kappa shape index (κ3) is 2.47. The molecule has 0 unspecified atom stereocenters. The Hall–Kier alpha value is -1.57. The number of rotatable bonds is 4. The molecule has 0 spiro atoms. The van der Waals surface area contributed by atoms with Crippen molar-refractivity contribution in [1.29, 1.82) is 0 Å². The van der Waals surface area contributed by atoms with Crippen LogP contribution in [-0.2, 0) is 6.42 Å². The first-order valence-corrected chi connectivity index (χ1v) is 6.80. The summed E-state index contributed by atoms with van der Waals surface area (Å²) in [5.74, 6) is 1.05. The Kier molecular flexibility index (Phi) is 3.85. The van der Waals surface area contributed by atoms with Gasteiger partial charge in [0.05, 0.1) is 5.52 Å². The fourth-order valence-corrected chi connectivity index (χ4v) is 2.34. The Morgan fingerprint density at radius 1 is 1.11 bits per heavy atom. The molecule has 2 nitrogen and oxygen atoms in total. The average molecular weight is 242 g/mol. The van der Waals surface area contributed by atoms with Gasteiger partial charge in [0, 0.05) is 11.9 Å². The highest BCUT2D eigenvalue weighted by Gasteiger charge is 2.07. The van der Waals surface area contributed by atoms with Gasteiger partial charge in [-0.25, -0.2) is 4.98 Å². The lowest BCUT2D eigenvalue weighted by atomic mass is 10.0. The fourth-order valence-electron chi connectivity index (χ4n) is 2.34. The van der Waals surface area contributed by atoms with Gasteiger partial charge in [-0.3, -0.25) is 0 Å². The largest absolute Gasteiger partial charge is 0.370 e. The topological polar surface area (TPSA) is 24.9 Å². The maximum Gasteiger partial charge on any atom is 0.129 e. The molecule has 0 radical (unpaired) electrons. The van der Waals surface area contributed by atoms with E-state index >= 15 is 0 Å². The summed E-state index contributed by atoms with van der Waals surface area (Å²) in [5.41, 5.74) is 5.00. The van der Waals surface area contributed by atoms with Crippen LogP contribution in [0.25, 0.3) is 10.9 Å². The number of nitrogens with one attached hydrogen (secondary N) is 1. The van der Waals surface area contributed by atoms with E-state index in [9.17, 15) is 0 Å². The molecule has 0 aliphatic carbocycles. The van der Waals surface area contributed by atoms with Crippen LogP contribution in [0.4, 0.5) is 5.82 Å². The van der Waals surface area contributed by atoms with Crippen LogP contribution in [0.2, 0.25) is 0 Å². The van der Waals surface area contributed by atoms with Gasteiger partial charge in [-0.05, 0) is 55.5 Å². The summed E-state index contributed by atoms with van der Waals surface area (Å²) in [6, 6.07) is 6.68. The molecule has 1 aromatic carbocycles. The zero-order valence-electron chi connectivity index (χ0n) is 11.8. The van der Waals surface area contributed by atoms with Crippen LogP contribution in [0.3, 0.4) is 0 Å². The van der Waals surface area contributed by atoms with Gasteiger partial charge in [0.2, 0.25) is 0 Å². The number of aromatic nitrogens is 1. The summed E-state index contributed by atoms with van der Waals surface area (Å²) >= 11 is 0. The maximum atomic E-state index is 4.79. The number of anilines is 1. The van der Waals surface area contributed by atoms with E-state index in [2.05, 4.69) is 51.2 Å². The van der Waals surface area contributed by atoms with Gasteiger partial charge >= 0.3 is 0 Å². The molecular weight excluding hydrogens is 220 g/mol. The maximum absolute atomic E-state index is 4.79. The molecule has 0 amide bonds. The van der Waals surface area contributed by atoms with Crippen LogP contribution in [0, 0.1) is 13.8 Å². The zero-order valence-corrected chi connectivity index (χ0v) is 11.8. The van der Waals surface area contributed by atoms with Crippen molar-refractivity contribution in [3.8, 4) is 0 Å². The molecule has 0 fully saturated rings. The van der Waals surface area contributed by atoms with Crippen molar-refractivity contribution in [2.45, 2.75) is 40.5 Å². The third-order valence-corrected chi connectivity index (χ3v) is 3.29. The van der Waals surface area contributed by atoms with Gasteiger partial charge in [0.15, 0.2) is 0 Å². The van der Waals surface area contributed by atoms with Gasteiger partial charge < -0.3 is 5.32 Å². The predicted octanol–water partition coefficient (Wildman–Crippen LogP) is 4.24. The van der Waals surface area contributed by atoms with E-state index in [1.54, 1.807) is 0 Å². The molecule has 1 aromatic heterocycles. The SMILES string of the molecule is CCCNc1nc2cc(C)cc(C)c2cc1CC. The minimum absolute atomic E-state index is 0.982. The van der Waals surface area contributed by atoms with Crippen molar-refractivity contribution in [2.24, 2.45) is 0 Å². The first-order valence-electron chi connectivity index (χ1n) is 6.80. The lowest BCUT2D eigenvalue weighted by Gasteiger charge is -2.12. The molecule has 2 heteroatoms. The van der Waals surface area contributed by atoms with Gasteiger partial charge in [-0.1, -0.05) is 19.9 Å². The predicted molar refractivity (Wildman–Crippen MR) is 79.4 cm³/mol. The van der Waals surface area contributed by atoms with E-state index in [-0.39, 0.29) is 0 Å². The highest BCUT2D eigenvalue weighted by molar-refractivity contribution is 5.85. The molecule has 0 aliphatic heterocycles. The molecule has 96 valence electrons. The quantitative estimate of drug-likeness (QED) is 0.867. The molecule has 0 bridgehead atoms. The first-order chi connectivity index (χ1) is 8.65. The van der Waals surface area contributed by atoms with Gasteiger partial charge in [-0.2, -0.15) is 0 Å². The van der Waals surface area contributed by atoms with Crippen molar-refractivity contribution in [3.05, 3.63) is 34.9 Å². The van der Waals surface area contributed by atoms with E-state index in [0.29, 0.717) is 0 Å². The Morgan fingerprint density at radius 2 is 1.89 bits per heavy atom. The molecule has 1 N–H and O–H groups in total. The van der Waals surface area contributed by atoms with Gasteiger partial charge in [0.25, 0.3) is 0 Å². The van der Waals surface area contributed by atoms with E-state index in [4.69, 9.17) is 4.98 Å². The molecule has 2 rings (SSSR count). The summed E-state index contributed by atoms with van der Waals surface area (Å²) in [7, 11) is 0. The minimum atomic E-state index is 0.982. The summed E-state index contributed by atoms with van der Waals surface area (Å²) in [5, 5.41) is 4.71. The molecule has 0 atom stereocenters. The second kappa shape index (κ2) is 5.38.